The minimum Gasteiger partial charge on any atom is -0.349 e. The second-order valence-electron chi connectivity index (χ2n) is 2.82. The lowest BCUT2D eigenvalue weighted by Crippen LogP contribution is -1.90. The number of aliphatic hydroxyl groups excluding tert-OH is 1. The number of hydrogen-bond donors (Lipinski definition) is 1. The Labute approximate surface area is 81.5 Å². The van der Waals surface area contributed by atoms with E-state index in [4.69, 9.17) is 5.11 Å². The molecule has 0 rings (SSSR count). The van der Waals surface area contributed by atoms with Gasteiger partial charge in [-0.25, -0.2) is 8.60 Å². The van der Waals surface area contributed by atoms with E-state index in [2.05, 4.69) is 6.92 Å². The lowest BCUT2D eigenvalue weighted by molar-refractivity contribution is 0.540. The molecule has 0 amide bonds. The Morgan fingerprint density at radius 2 is 2.15 bits per heavy atom. The third-order valence-electron chi connectivity index (χ3n) is 1.63. The molecule has 0 aliphatic heterocycles. The Balaban J connectivity index is 3.67. The van der Waals surface area contributed by atoms with Crippen molar-refractivity contribution in [2.75, 3.05) is 0 Å². The molecule has 0 saturated carbocycles. The molecule has 0 aliphatic carbocycles. The number of halogens is 1. The van der Waals surface area contributed by atoms with E-state index in [1.165, 1.54) is 0 Å². The highest BCUT2D eigenvalue weighted by Gasteiger charge is 1.96. The van der Waals surface area contributed by atoms with Crippen LogP contribution in [0.5, 0.6) is 0 Å². The summed E-state index contributed by atoms with van der Waals surface area (Å²) in [7, 11) is 0. The van der Waals surface area contributed by atoms with Crippen LogP contribution in [-0.2, 0) is 11.3 Å². The van der Waals surface area contributed by atoms with E-state index in [-0.39, 0.29) is 11.3 Å². The SMILES string of the molecule is CCCCCC/C(F)=C\C(O)=S=O. The molecular formula is C9H15FO2S. The Morgan fingerprint density at radius 1 is 1.46 bits per heavy atom. The Hall–Kier alpha value is -0.480. The van der Waals surface area contributed by atoms with Crippen LogP contribution in [0.4, 0.5) is 4.39 Å². The first-order valence-corrected chi connectivity index (χ1v) is 5.16. The zero-order chi connectivity index (χ0) is 10.1. The van der Waals surface area contributed by atoms with Crippen LogP contribution in [0.25, 0.3) is 0 Å². The van der Waals surface area contributed by atoms with Crippen LogP contribution >= 0.6 is 0 Å². The van der Waals surface area contributed by atoms with Gasteiger partial charge in [0, 0.05) is 6.08 Å². The lowest BCUT2D eigenvalue weighted by atomic mass is 10.1. The molecule has 13 heavy (non-hydrogen) atoms. The third kappa shape index (κ3) is 7.87. The van der Waals surface area contributed by atoms with Crippen LogP contribution in [0.3, 0.4) is 0 Å². The van der Waals surface area contributed by atoms with Crippen LogP contribution in [-0.4, -0.2) is 14.4 Å². The molecule has 4 heteroatoms. The van der Waals surface area contributed by atoms with Crippen LogP contribution in [0, 0.1) is 0 Å². The Kier molecular flexibility index (Phi) is 7.83. The zero-order valence-electron chi connectivity index (χ0n) is 7.75. The molecule has 0 fully saturated rings. The summed E-state index contributed by atoms with van der Waals surface area (Å²) < 4.78 is 22.8. The molecule has 0 spiro atoms. The summed E-state index contributed by atoms with van der Waals surface area (Å²) in [5, 5.41) is 8.18. The molecule has 0 aromatic carbocycles. The monoisotopic (exact) mass is 206 g/mol. The van der Waals surface area contributed by atoms with Crippen molar-refractivity contribution >= 4 is 16.3 Å². The van der Waals surface area contributed by atoms with Gasteiger partial charge in [-0.2, -0.15) is 0 Å². The fraction of sp³-hybridized carbons (Fsp3) is 0.667. The van der Waals surface area contributed by atoms with E-state index in [0.29, 0.717) is 6.42 Å². The van der Waals surface area contributed by atoms with Crippen molar-refractivity contribution in [2.45, 2.75) is 39.0 Å². The van der Waals surface area contributed by atoms with Gasteiger partial charge in [0.05, 0.1) is 0 Å². The van der Waals surface area contributed by atoms with Gasteiger partial charge in [-0.3, -0.25) is 0 Å². The predicted octanol–water partition coefficient (Wildman–Crippen LogP) is 2.71. The summed E-state index contributed by atoms with van der Waals surface area (Å²) in [5.74, 6) is -0.419. The quantitative estimate of drug-likeness (QED) is 0.412. The van der Waals surface area contributed by atoms with Crippen molar-refractivity contribution in [2.24, 2.45) is 0 Å². The summed E-state index contributed by atoms with van der Waals surface area (Å²) in [6.45, 7) is 2.08. The van der Waals surface area contributed by atoms with Crippen molar-refractivity contribution in [3.8, 4) is 0 Å². The number of aliphatic hydroxyl groups is 1. The van der Waals surface area contributed by atoms with E-state index < -0.39 is 10.9 Å². The summed E-state index contributed by atoms with van der Waals surface area (Å²) >= 11 is -0.0973. The zero-order valence-corrected chi connectivity index (χ0v) is 8.57. The van der Waals surface area contributed by atoms with Gasteiger partial charge in [0.2, 0.25) is 0 Å². The predicted molar refractivity (Wildman–Crippen MR) is 53.7 cm³/mol. The smallest absolute Gasteiger partial charge is 0.169 e. The minimum atomic E-state index is -0.506. The third-order valence-corrected chi connectivity index (χ3v) is 1.92. The average molecular weight is 206 g/mol. The second-order valence-corrected chi connectivity index (χ2v) is 3.41. The molecule has 0 aromatic heterocycles. The normalized spacial score (nSPS) is 11.5. The molecule has 0 unspecified atom stereocenters. The maximum Gasteiger partial charge on any atom is 0.169 e. The molecule has 0 aromatic rings. The first-order valence-electron chi connectivity index (χ1n) is 4.42. The van der Waals surface area contributed by atoms with Gasteiger partial charge in [-0.15, -0.1) is 0 Å². The summed E-state index contributed by atoms with van der Waals surface area (Å²) in [4.78, 5) is 0. The van der Waals surface area contributed by atoms with Gasteiger partial charge in [-0.05, 0) is 12.8 Å². The maximum atomic E-state index is 12.8. The lowest BCUT2D eigenvalue weighted by Gasteiger charge is -1.96. The maximum absolute atomic E-state index is 12.8. The number of allylic oxidation sites excluding steroid dienone is 1. The number of hydrogen-bond acceptors (Lipinski definition) is 1. The average Bonchev–Trinajstić information content (AvgIpc) is 2.12. The summed E-state index contributed by atoms with van der Waals surface area (Å²) in [5.41, 5.74) is 0. The first-order chi connectivity index (χ1) is 6.20. The molecule has 0 atom stereocenters. The Bertz CT molecular complexity index is 220. The van der Waals surface area contributed by atoms with E-state index in [9.17, 15) is 8.60 Å². The van der Waals surface area contributed by atoms with Crippen LogP contribution in [0.2, 0.25) is 0 Å². The summed E-state index contributed by atoms with van der Waals surface area (Å²) in [6, 6.07) is 0. The molecule has 0 aliphatic rings. The van der Waals surface area contributed by atoms with Crippen LogP contribution in [0.1, 0.15) is 39.0 Å². The fourth-order valence-electron chi connectivity index (χ4n) is 0.951. The molecular weight excluding hydrogens is 191 g/mol. The minimum absolute atomic E-state index is 0.0973. The van der Waals surface area contributed by atoms with Gasteiger partial charge in [-0.1, -0.05) is 26.2 Å². The van der Waals surface area contributed by atoms with Gasteiger partial charge >= 0.3 is 0 Å². The molecule has 0 heterocycles. The van der Waals surface area contributed by atoms with Crippen molar-refractivity contribution < 1.29 is 13.7 Å². The summed E-state index contributed by atoms with van der Waals surface area (Å²) in [6.07, 6.45) is 5.17. The van der Waals surface area contributed by atoms with Gasteiger partial charge in [0.25, 0.3) is 0 Å². The molecule has 76 valence electrons. The number of rotatable bonds is 6. The highest BCUT2D eigenvalue weighted by Crippen LogP contribution is 2.10. The van der Waals surface area contributed by atoms with Crippen LogP contribution < -0.4 is 0 Å². The van der Waals surface area contributed by atoms with E-state index in [1.54, 1.807) is 0 Å². The molecule has 2 nitrogen and oxygen atoms in total. The van der Waals surface area contributed by atoms with Gasteiger partial charge < -0.3 is 5.11 Å². The largest absolute Gasteiger partial charge is 0.349 e. The molecule has 1 N–H and O–H groups in total. The van der Waals surface area contributed by atoms with Crippen molar-refractivity contribution in [1.29, 1.82) is 0 Å². The van der Waals surface area contributed by atoms with Crippen LogP contribution in [0.15, 0.2) is 11.9 Å². The topological polar surface area (TPSA) is 37.3 Å². The standard InChI is InChI=1S/C9H15FO2S/c1-2-3-4-5-6-8(10)7-9(11)13-12/h7,11H,2-6H2,1H3/b8-7+. The molecule has 0 saturated heterocycles. The van der Waals surface area contributed by atoms with Crippen molar-refractivity contribution in [3.05, 3.63) is 11.9 Å². The molecule has 0 radical (unpaired) electrons. The number of unbranched alkanes of at least 4 members (excludes halogenated alkanes) is 3. The molecule has 0 bridgehead atoms. The van der Waals surface area contributed by atoms with Crippen molar-refractivity contribution in [3.63, 3.8) is 0 Å². The highest BCUT2D eigenvalue weighted by molar-refractivity contribution is 7.66. The van der Waals surface area contributed by atoms with Gasteiger partial charge in [0.15, 0.2) is 5.05 Å². The fourth-order valence-corrected chi connectivity index (χ4v) is 1.13. The van der Waals surface area contributed by atoms with E-state index >= 15 is 0 Å². The van der Waals surface area contributed by atoms with Crippen molar-refractivity contribution in [1.82, 2.24) is 0 Å². The first kappa shape index (κ1) is 12.5. The highest BCUT2D eigenvalue weighted by atomic mass is 32.1. The Morgan fingerprint density at radius 3 is 2.69 bits per heavy atom. The van der Waals surface area contributed by atoms with Gasteiger partial charge in [0.1, 0.15) is 17.1 Å². The van der Waals surface area contributed by atoms with E-state index in [1.807, 2.05) is 0 Å². The van der Waals surface area contributed by atoms with E-state index in [0.717, 1.165) is 31.8 Å². The second kappa shape index (κ2) is 8.13.